The minimum absolute atomic E-state index is 0.0328. The molecule has 1 aliphatic rings. The number of benzene rings is 2. The van der Waals surface area contributed by atoms with Gasteiger partial charge < -0.3 is 29.7 Å². The van der Waals surface area contributed by atoms with Gasteiger partial charge in [-0.25, -0.2) is 0 Å². The van der Waals surface area contributed by atoms with Crippen LogP contribution in [0.15, 0.2) is 36.4 Å². The number of nitrogens with zero attached hydrogens (tertiary/aromatic N) is 2. The molecule has 1 amide bonds. The van der Waals surface area contributed by atoms with Crippen molar-refractivity contribution in [1.82, 2.24) is 9.80 Å². The average Bonchev–Trinajstić information content (AvgIpc) is 3.30. The summed E-state index contributed by atoms with van der Waals surface area (Å²) in [6.07, 6.45) is -8.87. The van der Waals surface area contributed by atoms with Crippen molar-refractivity contribution in [3.63, 3.8) is 0 Å². The van der Waals surface area contributed by atoms with Crippen molar-refractivity contribution in [2.45, 2.75) is 37.7 Å². The Kier molecular flexibility index (Phi) is 11.5. The average molecular weight is 703 g/mol. The van der Waals surface area contributed by atoms with Crippen LogP contribution in [0, 0.1) is 11.8 Å². The van der Waals surface area contributed by atoms with E-state index in [-0.39, 0.29) is 40.4 Å². The molecule has 1 fully saturated rings. The van der Waals surface area contributed by atoms with E-state index in [9.17, 15) is 35.7 Å². The SMILES string of the molecule is CN(C)CC(=O)N1CCC(Nc2cccc3c(CC(F)(F)F)c(C#CCNc4ccc(P(C)(C)=O)cc4OCC(F)(F)F)sc23)CC1. The smallest absolute Gasteiger partial charge is 0.422 e. The van der Waals surface area contributed by atoms with Crippen LogP contribution >= 0.6 is 18.5 Å². The van der Waals surface area contributed by atoms with E-state index in [0.29, 0.717) is 53.6 Å². The molecule has 3 aromatic rings. The number of nitrogens with one attached hydrogen (secondary N) is 2. The van der Waals surface area contributed by atoms with Gasteiger partial charge in [-0.3, -0.25) is 4.79 Å². The number of ether oxygens (including phenoxy) is 1. The molecule has 0 atom stereocenters. The number of likely N-dealkylation sites (tertiary alicyclic amines) is 1. The fourth-order valence-corrected chi connectivity index (χ4v) is 7.19. The van der Waals surface area contributed by atoms with Crippen molar-refractivity contribution in [2.75, 3.05) is 70.8 Å². The lowest BCUT2D eigenvalue weighted by Crippen LogP contribution is -2.45. The molecule has 0 saturated carbocycles. The number of hydrogen-bond acceptors (Lipinski definition) is 7. The number of carbonyl (C=O) groups excluding carboxylic acids is 1. The first kappa shape index (κ1) is 36.4. The maximum atomic E-state index is 13.7. The summed E-state index contributed by atoms with van der Waals surface area (Å²) in [5, 5.41) is 7.11. The van der Waals surface area contributed by atoms with Gasteiger partial charge in [0.05, 0.1) is 40.5 Å². The van der Waals surface area contributed by atoms with E-state index in [2.05, 4.69) is 22.5 Å². The Labute approximate surface area is 274 Å². The highest BCUT2D eigenvalue weighted by atomic mass is 32.1. The summed E-state index contributed by atoms with van der Waals surface area (Å²) < 4.78 is 97.7. The maximum absolute atomic E-state index is 13.7. The molecular formula is C32H37F6N4O3PS. The minimum atomic E-state index is -4.60. The first-order valence-corrected chi connectivity index (χ1v) is 18.2. The Morgan fingerprint density at radius 3 is 2.38 bits per heavy atom. The normalized spacial score (nSPS) is 14.7. The molecule has 0 bridgehead atoms. The lowest BCUT2D eigenvalue weighted by atomic mass is 10.0. The van der Waals surface area contributed by atoms with Crippen LogP contribution in [0.3, 0.4) is 0 Å². The second-order valence-corrected chi connectivity index (χ2v) is 16.3. The van der Waals surface area contributed by atoms with Crippen LogP contribution < -0.4 is 20.7 Å². The quantitative estimate of drug-likeness (QED) is 0.141. The number of carbonyl (C=O) groups is 1. The Hall–Kier alpha value is -3.40. The molecule has 1 saturated heterocycles. The first-order valence-electron chi connectivity index (χ1n) is 14.8. The Balaban J connectivity index is 1.54. The summed E-state index contributed by atoms with van der Waals surface area (Å²) >= 11 is 1.14. The summed E-state index contributed by atoms with van der Waals surface area (Å²) in [5.74, 6) is 5.53. The summed E-state index contributed by atoms with van der Waals surface area (Å²) in [6, 6.07) is 9.43. The second kappa shape index (κ2) is 14.8. The van der Waals surface area contributed by atoms with Crippen LogP contribution in [0.25, 0.3) is 10.1 Å². The number of fused-ring (bicyclic) bond motifs is 1. The van der Waals surface area contributed by atoms with Gasteiger partial charge >= 0.3 is 12.4 Å². The van der Waals surface area contributed by atoms with Gasteiger partial charge in [0.15, 0.2) is 6.61 Å². The fourth-order valence-electron chi connectivity index (χ4n) is 5.16. The summed E-state index contributed by atoms with van der Waals surface area (Å²) in [7, 11) is 0.872. The third-order valence-electron chi connectivity index (χ3n) is 7.40. The number of likely N-dealkylation sites (N-methyl/N-ethyl adjacent to an activating group) is 1. The van der Waals surface area contributed by atoms with Gasteiger partial charge in [0.1, 0.15) is 12.9 Å². The topological polar surface area (TPSA) is 73.9 Å². The van der Waals surface area contributed by atoms with Crippen molar-refractivity contribution in [3.8, 4) is 17.6 Å². The third kappa shape index (κ3) is 10.5. The molecule has 1 aromatic heterocycles. The van der Waals surface area contributed by atoms with Gasteiger partial charge in [-0.1, -0.05) is 24.0 Å². The summed E-state index contributed by atoms with van der Waals surface area (Å²) in [6.45, 7) is 2.79. The van der Waals surface area contributed by atoms with Gasteiger partial charge in [0.2, 0.25) is 5.91 Å². The Morgan fingerprint density at radius 1 is 1.06 bits per heavy atom. The fraction of sp³-hybridized carbons (Fsp3) is 0.469. The number of rotatable bonds is 10. The van der Waals surface area contributed by atoms with Crippen molar-refractivity contribution in [1.29, 1.82) is 0 Å². The monoisotopic (exact) mass is 702 g/mol. The van der Waals surface area contributed by atoms with E-state index in [4.69, 9.17) is 4.74 Å². The van der Waals surface area contributed by atoms with Crippen LogP contribution in [-0.2, 0) is 15.8 Å². The summed E-state index contributed by atoms with van der Waals surface area (Å²) in [4.78, 5) is 16.3. The molecule has 0 radical (unpaired) electrons. The molecule has 256 valence electrons. The molecule has 2 aromatic carbocycles. The predicted octanol–water partition coefficient (Wildman–Crippen LogP) is 6.62. The maximum Gasteiger partial charge on any atom is 0.422 e. The van der Waals surface area contributed by atoms with Crippen LogP contribution in [0.1, 0.15) is 23.3 Å². The molecule has 2 N–H and O–H groups in total. The molecule has 7 nitrogen and oxygen atoms in total. The molecule has 4 rings (SSSR count). The number of alkyl halides is 6. The van der Waals surface area contributed by atoms with Gasteiger partial charge in [-0.2, -0.15) is 26.3 Å². The van der Waals surface area contributed by atoms with Crippen LogP contribution in [-0.4, -0.2) is 94.3 Å². The zero-order valence-electron chi connectivity index (χ0n) is 26.4. The molecular weight excluding hydrogens is 665 g/mol. The molecule has 47 heavy (non-hydrogen) atoms. The number of halogens is 6. The first-order chi connectivity index (χ1) is 21.9. The molecule has 0 spiro atoms. The van der Waals surface area contributed by atoms with Crippen molar-refractivity contribution >= 4 is 51.2 Å². The van der Waals surface area contributed by atoms with E-state index < -0.39 is 32.5 Å². The molecule has 1 aliphatic heterocycles. The highest BCUT2D eigenvalue weighted by molar-refractivity contribution is 7.70. The lowest BCUT2D eigenvalue weighted by molar-refractivity contribution is -0.153. The third-order valence-corrected chi connectivity index (χ3v) is 10.1. The zero-order chi connectivity index (χ0) is 34.6. The summed E-state index contributed by atoms with van der Waals surface area (Å²) in [5.41, 5.74) is 0.919. The number of thiophene rings is 1. The molecule has 15 heteroatoms. The number of piperidine rings is 1. The number of hydrogen-bond donors (Lipinski definition) is 2. The van der Waals surface area contributed by atoms with E-state index in [1.165, 1.54) is 31.5 Å². The van der Waals surface area contributed by atoms with E-state index in [1.807, 2.05) is 30.0 Å². The van der Waals surface area contributed by atoms with E-state index in [1.54, 1.807) is 12.1 Å². The molecule has 2 heterocycles. The number of anilines is 2. The zero-order valence-corrected chi connectivity index (χ0v) is 28.2. The predicted molar refractivity (Wildman–Crippen MR) is 176 cm³/mol. The van der Waals surface area contributed by atoms with Gasteiger partial charge in [-0.05, 0) is 75.5 Å². The van der Waals surface area contributed by atoms with Crippen molar-refractivity contribution < 1.29 is 40.4 Å². The minimum Gasteiger partial charge on any atom is -0.482 e. The van der Waals surface area contributed by atoms with E-state index >= 15 is 0 Å². The van der Waals surface area contributed by atoms with Crippen LogP contribution in [0.4, 0.5) is 37.7 Å². The van der Waals surface area contributed by atoms with Crippen LogP contribution in [0.2, 0.25) is 0 Å². The largest absolute Gasteiger partial charge is 0.482 e. The number of amides is 1. The van der Waals surface area contributed by atoms with Gasteiger partial charge in [-0.15, -0.1) is 11.3 Å². The Morgan fingerprint density at radius 2 is 1.77 bits per heavy atom. The molecule has 0 aliphatic carbocycles. The van der Waals surface area contributed by atoms with Gasteiger partial charge in [0, 0.05) is 24.4 Å². The highest BCUT2D eigenvalue weighted by Gasteiger charge is 2.32. The van der Waals surface area contributed by atoms with Crippen LogP contribution in [0.5, 0.6) is 5.75 Å². The highest BCUT2D eigenvalue weighted by Crippen LogP contribution is 2.40. The lowest BCUT2D eigenvalue weighted by Gasteiger charge is -2.33. The van der Waals surface area contributed by atoms with Crippen molar-refractivity contribution in [2.24, 2.45) is 0 Å². The standard InChI is InChI=1S/C32H37F6N4O3PS/c1-41(2)19-29(43)42-15-12-21(13-16-42)40-26-8-5-7-23-24(18-31(33,34)35)28(47-30(23)26)9-6-14-39-25-11-10-22(46(3,4)44)17-27(25)45-20-32(36,37)38/h5,7-8,10-11,17,21,39-40H,12-16,18-20H2,1-4H3. The Bertz CT molecular complexity index is 1680. The van der Waals surface area contributed by atoms with Gasteiger partial charge in [0.25, 0.3) is 0 Å². The van der Waals surface area contributed by atoms with Crippen molar-refractivity contribution in [3.05, 3.63) is 46.8 Å². The van der Waals surface area contributed by atoms with E-state index in [0.717, 1.165) is 11.3 Å². The second-order valence-electron chi connectivity index (χ2n) is 12.0. The molecule has 0 unspecified atom stereocenters.